The van der Waals surface area contributed by atoms with Gasteiger partial charge in [-0.3, -0.25) is 10.1 Å². The maximum atomic E-state index is 10.0. The van der Waals surface area contributed by atoms with Crippen LogP contribution in [0.25, 0.3) is 0 Å². The van der Waals surface area contributed by atoms with Crippen LogP contribution in [-0.4, -0.2) is 16.4 Å². The molecule has 76 valence electrons. The monoisotopic (exact) mass is 211 g/mol. The first kappa shape index (κ1) is 11.0. The number of hydrogen-bond acceptors (Lipinski definition) is 3. The molecule has 1 saturated heterocycles. The molecule has 1 aliphatic rings. The van der Waals surface area contributed by atoms with Gasteiger partial charge in [-0.15, -0.1) is 0 Å². The van der Waals surface area contributed by atoms with Gasteiger partial charge in [0.15, 0.2) is 0 Å². The standard InChI is InChI=1S/C6H5NO2.C4H8S/c8-7(9)6-4-2-1-3-5-6;1-2-4-5-3-1/h1-5H;1-4H2. The van der Waals surface area contributed by atoms with Crippen LogP contribution in [0.5, 0.6) is 0 Å². The average Bonchev–Trinajstić information content (AvgIpc) is 2.77. The first-order chi connectivity index (χ1) is 6.80. The second-order valence-electron chi connectivity index (χ2n) is 2.91. The summed E-state index contributed by atoms with van der Waals surface area (Å²) < 4.78 is 0. The average molecular weight is 211 g/mol. The van der Waals surface area contributed by atoms with Crippen molar-refractivity contribution in [1.82, 2.24) is 0 Å². The number of rotatable bonds is 1. The van der Waals surface area contributed by atoms with Crippen molar-refractivity contribution >= 4 is 17.4 Å². The molecule has 1 aliphatic heterocycles. The van der Waals surface area contributed by atoms with E-state index in [1.165, 1.54) is 36.5 Å². The van der Waals surface area contributed by atoms with Gasteiger partial charge < -0.3 is 0 Å². The van der Waals surface area contributed by atoms with Crippen molar-refractivity contribution in [3.05, 3.63) is 40.4 Å². The summed E-state index contributed by atoms with van der Waals surface area (Å²) in [6.45, 7) is 0. The van der Waals surface area contributed by atoms with E-state index in [4.69, 9.17) is 0 Å². The van der Waals surface area contributed by atoms with Gasteiger partial charge in [-0.25, -0.2) is 0 Å². The van der Waals surface area contributed by atoms with Crippen molar-refractivity contribution in [2.75, 3.05) is 11.5 Å². The molecule has 3 nitrogen and oxygen atoms in total. The van der Waals surface area contributed by atoms with Crippen molar-refractivity contribution in [3.8, 4) is 0 Å². The highest BCUT2D eigenvalue weighted by molar-refractivity contribution is 7.99. The van der Waals surface area contributed by atoms with E-state index in [2.05, 4.69) is 11.8 Å². The summed E-state index contributed by atoms with van der Waals surface area (Å²) in [6, 6.07) is 7.93. The fourth-order valence-corrected chi connectivity index (χ4v) is 2.08. The van der Waals surface area contributed by atoms with Gasteiger partial charge >= 0.3 is 0 Å². The van der Waals surface area contributed by atoms with Gasteiger partial charge in [0.1, 0.15) is 0 Å². The molecule has 1 aromatic rings. The third kappa shape index (κ3) is 4.28. The summed E-state index contributed by atoms with van der Waals surface area (Å²) in [5.74, 6) is 2.83. The molecule has 1 aromatic carbocycles. The van der Waals surface area contributed by atoms with Crippen LogP contribution in [0, 0.1) is 10.1 Å². The lowest BCUT2D eigenvalue weighted by Gasteiger charge is -1.85. The number of nitrogens with zero attached hydrogens (tertiary/aromatic N) is 1. The Labute approximate surface area is 87.7 Å². The minimum absolute atomic E-state index is 0.137. The number of nitro groups is 1. The molecule has 0 bridgehead atoms. The molecule has 0 spiro atoms. The third-order valence-corrected chi connectivity index (χ3v) is 2.95. The molecule has 0 N–H and O–H groups in total. The van der Waals surface area contributed by atoms with Crippen LogP contribution >= 0.6 is 11.8 Å². The van der Waals surface area contributed by atoms with Gasteiger partial charge in [-0.05, 0) is 24.3 Å². The Balaban J connectivity index is 0.000000165. The molecule has 1 fully saturated rings. The Kier molecular flexibility index (Phi) is 5.07. The zero-order chi connectivity index (χ0) is 10.2. The fourth-order valence-electron chi connectivity index (χ4n) is 1.06. The van der Waals surface area contributed by atoms with E-state index in [1.807, 2.05) is 0 Å². The summed E-state index contributed by atoms with van der Waals surface area (Å²) in [5, 5.41) is 10.0. The van der Waals surface area contributed by atoms with Crippen molar-refractivity contribution in [2.45, 2.75) is 12.8 Å². The van der Waals surface area contributed by atoms with Gasteiger partial charge in [0.05, 0.1) is 4.92 Å². The summed E-state index contributed by atoms with van der Waals surface area (Å²) in [5.41, 5.74) is 0.137. The molecule has 0 radical (unpaired) electrons. The number of non-ortho nitro benzene ring substituents is 1. The molecule has 0 aliphatic carbocycles. The topological polar surface area (TPSA) is 43.1 Å². The van der Waals surface area contributed by atoms with Crippen LogP contribution < -0.4 is 0 Å². The van der Waals surface area contributed by atoms with E-state index in [0.29, 0.717) is 0 Å². The molecule has 1 heterocycles. The Morgan fingerprint density at radius 2 is 1.71 bits per heavy atom. The summed E-state index contributed by atoms with van der Waals surface area (Å²) >= 11 is 2.07. The van der Waals surface area contributed by atoms with Crippen molar-refractivity contribution in [3.63, 3.8) is 0 Å². The van der Waals surface area contributed by atoms with Crippen LogP contribution in [0.15, 0.2) is 30.3 Å². The molecule has 0 saturated carbocycles. The highest BCUT2D eigenvalue weighted by atomic mass is 32.2. The first-order valence-corrected chi connectivity index (χ1v) is 5.73. The minimum atomic E-state index is -0.417. The normalized spacial score (nSPS) is 14.3. The number of hydrogen-bond donors (Lipinski definition) is 0. The number of para-hydroxylation sites is 1. The molecule has 4 heteroatoms. The Hall–Kier alpha value is -1.03. The second-order valence-corrected chi connectivity index (χ2v) is 4.14. The summed E-state index contributed by atoms with van der Waals surface area (Å²) in [4.78, 5) is 9.59. The largest absolute Gasteiger partial charge is 0.269 e. The fraction of sp³-hybridized carbons (Fsp3) is 0.400. The van der Waals surface area contributed by atoms with Crippen LogP contribution in [-0.2, 0) is 0 Å². The smallest absolute Gasteiger partial charge is 0.258 e. The van der Waals surface area contributed by atoms with E-state index < -0.39 is 4.92 Å². The van der Waals surface area contributed by atoms with Crippen LogP contribution in [0.3, 0.4) is 0 Å². The van der Waals surface area contributed by atoms with E-state index in [1.54, 1.807) is 18.2 Å². The maximum absolute atomic E-state index is 10.0. The minimum Gasteiger partial charge on any atom is -0.258 e. The molecule has 0 unspecified atom stereocenters. The van der Waals surface area contributed by atoms with Gasteiger partial charge in [0.25, 0.3) is 5.69 Å². The Morgan fingerprint density at radius 1 is 1.14 bits per heavy atom. The zero-order valence-electron chi connectivity index (χ0n) is 7.89. The van der Waals surface area contributed by atoms with E-state index >= 15 is 0 Å². The van der Waals surface area contributed by atoms with E-state index in [-0.39, 0.29) is 5.69 Å². The SMILES string of the molecule is C1CCSC1.O=[N+]([O-])c1ccccc1. The molecule has 2 rings (SSSR count). The molecule has 0 atom stereocenters. The molecule has 14 heavy (non-hydrogen) atoms. The lowest BCUT2D eigenvalue weighted by atomic mass is 10.3. The van der Waals surface area contributed by atoms with Gasteiger partial charge in [-0.2, -0.15) is 11.8 Å². The van der Waals surface area contributed by atoms with Gasteiger partial charge in [0, 0.05) is 12.1 Å². The molecular weight excluding hydrogens is 198 g/mol. The number of thioether (sulfide) groups is 1. The van der Waals surface area contributed by atoms with Crippen molar-refractivity contribution in [1.29, 1.82) is 0 Å². The maximum Gasteiger partial charge on any atom is 0.269 e. The molecule has 0 aromatic heterocycles. The third-order valence-electron chi connectivity index (χ3n) is 1.79. The lowest BCUT2D eigenvalue weighted by molar-refractivity contribution is -0.384. The van der Waals surface area contributed by atoms with Crippen molar-refractivity contribution in [2.24, 2.45) is 0 Å². The van der Waals surface area contributed by atoms with Crippen LogP contribution in [0.2, 0.25) is 0 Å². The molecule has 0 amide bonds. The Morgan fingerprint density at radius 3 is 2.00 bits per heavy atom. The molecular formula is C10H13NO2S. The van der Waals surface area contributed by atoms with E-state index in [9.17, 15) is 10.1 Å². The summed E-state index contributed by atoms with van der Waals surface area (Å²) in [7, 11) is 0. The first-order valence-electron chi connectivity index (χ1n) is 4.58. The number of benzene rings is 1. The van der Waals surface area contributed by atoms with Crippen molar-refractivity contribution < 1.29 is 4.92 Å². The zero-order valence-corrected chi connectivity index (χ0v) is 8.70. The van der Waals surface area contributed by atoms with E-state index in [0.717, 1.165) is 0 Å². The van der Waals surface area contributed by atoms with Crippen LogP contribution in [0.1, 0.15) is 12.8 Å². The van der Waals surface area contributed by atoms with Gasteiger partial charge in [-0.1, -0.05) is 18.2 Å². The predicted octanol–water partition coefficient (Wildman–Crippen LogP) is 3.11. The lowest BCUT2D eigenvalue weighted by Crippen LogP contribution is -1.84. The second kappa shape index (κ2) is 6.43. The van der Waals surface area contributed by atoms with Crippen LogP contribution in [0.4, 0.5) is 5.69 Å². The predicted molar refractivity (Wildman–Crippen MR) is 59.7 cm³/mol. The Bertz CT molecular complexity index is 265. The quantitative estimate of drug-likeness (QED) is 0.529. The highest BCUT2D eigenvalue weighted by Gasteiger charge is 1.98. The summed E-state index contributed by atoms with van der Waals surface area (Å²) in [6.07, 6.45) is 2.93. The highest BCUT2D eigenvalue weighted by Crippen LogP contribution is 2.14. The number of nitro benzene ring substituents is 1. The van der Waals surface area contributed by atoms with Gasteiger partial charge in [0.2, 0.25) is 0 Å².